The number of ketones is 1. The summed E-state index contributed by atoms with van der Waals surface area (Å²) in [6.07, 6.45) is -1.94. The van der Waals surface area contributed by atoms with Gasteiger partial charge in [0.05, 0.1) is 0 Å². The average Bonchev–Trinajstić information content (AvgIpc) is 2.17. The van der Waals surface area contributed by atoms with E-state index in [9.17, 15) is 22.4 Å². The molecule has 0 radical (unpaired) electrons. The van der Waals surface area contributed by atoms with E-state index in [1.54, 1.807) is 0 Å². The van der Waals surface area contributed by atoms with Gasteiger partial charge in [0.25, 0.3) is 0 Å². The van der Waals surface area contributed by atoms with Crippen LogP contribution in [0.4, 0.5) is 17.6 Å². The Balaban J connectivity index is 2.61. The fourth-order valence-corrected chi connectivity index (χ4v) is 1.90. The van der Waals surface area contributed by atoms with Crippen molar-refractivity contribution < 1.29 is 22.4 Å². The van der Waals surface area contributed by atoms with Crippen LogP contribution in [-0.4, -0.2) is 18.1 Å². The molecular formula is C10H14F4O. The fraction of sp³-hybridized carbons (Fsp3) is 0.900. The van der Waals surface area contributed by atoms with Gasteiger partial charge in [-0.05, 0) is 18.8 Å². The van der Waals surface area contributed by atoms with Crippen LogP contribution in [-0.2, 0) is 4.79 Å². The highest BCUT2D eigenvalue weighted by atomic mass is 19.3. The summed E-state index contributed by atoms with van der Waals surface area (Å²) in [6, 6.07) is 0. The van der Waals surface area contributed by atoms with Gasteiger partial charge in [0.2, 0.25) is 5.78 Å². The zero-order chi connectivity index (χ0) is 11.6. The second kappa shape index (κ2) is 4.49. The van der Waals surface area contributed by atoms with E-state index in [0.29, 0.717) is 31.6 Å². The van der Waals surface area contributed by atoms with Gasteiger partial charge in [0.1, 0.15) is 0 Å². The lowest BCUT2D eigenvalue weighted by atomic mass is 9.79. The number of Topliss-reactive ketones (excluding diaryl/α,β-unsaturated/α-hetero) is 1. The zero-order valence-corrected chi connectivity index (χ0v) is 8.48. The van der Waals surface area contributed by atoms with Crippen LogP contribution in [0, 0.1) is 11.8 Å². The molecule has 0 N–H and O–H groups in total. The first-order valence-corrected chi connectivity index (χ1v) is 5.06. The molecule has 1 aliphatic rings. The normalized spacial score (nSPS) is 28.1. The van der Waals surface area contributed by atoms with E-state index in [1.807, 2.05) is 6.92 Å². The Labute approximate surface area is 85.8 Å². The highest BCUT2D eigenvalue weighted by Gasteiger charge is 2.51. The molecule has 0 amide bonds. The van der Waals surface area contributed by atoms with Crippen LogP contribution < -0.4 is 0 Å². The quantitative estimate of drug-likeness (QED) is 0.675. The Morgan fingerprint density at radius 3 is 2.07 bits per heavy atom. The maximum atomic E-state index is 12.7. The summed E-state index contributed by atoms with van der Waals surface area (Å²) in [7, 11) is 0. The van der Waals surface area contributed by atoms with Crippen molar-refractivity contribution in [3.63, 3.8) is 0 Å². The third kappa shape index (κ3) is 2.69. The van der Waals surface area contributed by atoms with Crippen LogP contribution in [0.2, 0.25) is 0 Å². The molecule has 88 valence electrons. The molecule has 0 saturated heterocycles. The van der Waals surface area contributed by atoms with Gasteiger partial charge in [-0.2, -0.15) is 8.78 Å². The van der Waals surface area contributed by atoms with Crippen molar-refractivity contribution in [2.45, 2.75) is 45.0 Å². The highest BCUT2D eigenvalue weighted by Crippen LogP contribution is 2.35. The summed E-state index contributed by atoms with van der Waals surface area (Å²) in [5, 5.41) is 0. The van der Waals surface area contributed by atoms with E-state index in [-0.39, 0.29) is 0 Å². The molecule has 1 aliphatic carbocycles. The first-order valence-electron chi connectivity index (χ1n) is 5.06. The summed E-state index contributed by atoms with van der Waals surface area (Å²) in [6.45, 7) is 1.96. The lowest BCUT2D eigenvalue weighted by Gasteiger charge is -2.27. The van der Waals surface area contributed by atoms with Gasteiger partial charge in [-0.25, -0.2) is 8.78 Å². The first-order chi connectivity index (χ1) is 6.85. The Hall–Kier alpha value is -0.610. The largest absolute Gasteiger partial charge is 0.364 e. The number of rotatable bonds is 3. The number of halogens is 4. The molecule has 0 aromatic heterocycles. The van der Waals surface area contributed by atoms with Gasteiger partial charge < -0.3 is 0 Å². The fourth-order valence-electron chi connectivity index (χ4n) is 1.90. The monoisotopic (exact) mass is 226 g/mol. The molecule has 0 unspecified atom stereocenters. The maximum absolute atomic E-state index is 12.7. The molecule has 0 spiro atoms. The molecule has 1 fully saturated rings. The number of hydrogen-bond donors (Lipinski definition) is 0. The minimum Gasteiger partial charge on any atom is -0.292 e. The maximum Gasteiger partial charge on any atom is 0.364 e. The van der Waals surface area contributed by atoms with Crippen molar-refractivity contribution in [3.8, 4) is 0 Å². The summed E-state index contributed by atoms with van der Waals surface area (Å²) in [5.41, 5.74) is 0. The number of carbonyl (C=O) groups is 1. The SMILES string of the molecule is CC1CCC(C(=O)C(F)(F)C(F)F)CC1. The van der Waals surface area contributed by atoms with Crippen molar-refractivity contribution in [1.29, 1.82) is 0 Å². The molecule has 1 saturated carbocycles. The summed E-state index contributed by atoms with van der Waals surface area (Å²) >= 11 is 0. The van der Waals surface area contributed by atoms with Crippen molar-refractivity contribution >= 4 is 5.78 Å². The smallest absolute Gasteiger partial charge is 0.292 e. The first kappa shape index (κ1) is 12.5. The predicted molar refractivity (Wildman–Crippen MR) is 47.1 cm³/mol. The Morgan fingerprint density at radius 1 is 1.20 bits per heavy atom. The van der Waals surface area contributed by atoms with Gasteiger partial charge in [-0.15, -0.1) is 0 Å². The van der Waals surface area contributed by atoms with Crippen LogP contribution in [0.1, 0.15) is 32.6 Å². The second-order valence-electron chi connectivity index (χ2n) is 4.24. The molecule has 0 aliphatic heterocycles. The van der Waals surface area contributed by atoms with Crippen LogP contribution in [0.5, 0.6) is 0 Å². The molecule has 0 atom stereocenters. The molecule has 15 heavy (non-hydrogen) atoms. The predicted octanol–water partition coefficient (Wildman–Crippen LogP) is 3.28. The van der Waals surface area contributed by atoms with Gasteiger partial charge in [-0.3, -0.25) is 4.79 Å². The van der Waals surface area contributed by atoms with Crippen LogP contribution in [0.15, 0.2) is 0 Å². The van der Waals surface area contributed by atoms with Gasteiger partial charge >= 0.3 is 12.3 Å². The lowest BCUT2D eigenvalue weighted by molar-refractivity contribution is -0.172. The Morgan fingerprint density at radius 2 is 1.67 bits per heavy atom. The standard InChI is InChI=1S/C10H14F4O/c1-6-2-4-7(5-3-6)8(15)10(13,14)9(11)12/h6-7,9H,2-5H2,1H3. The zero-order valence-electron chi connectivity index (χ0n) is 8.48. The van der Waals surface area contributed by atoms with Crippen molar-refractivity contribution in [1.82, 2.24) is 0 Å². The third-order valence-corrected chi connectivity index (χ3v) is 2.99. The molecule has 0 aromatic carbocycles. The van der Waals surface area contributed by atoms with Crippen LogP contribution in [0.25, 0.3) is 0 Å². The van der Waals surface area contributed by atoms with Gasteiger partial charge in [0.15, 0.2) is 0 Å². The molecule has 1 nitrogen and oxygen atoms in total. The highest BCUT2D eigenvalue weighted by molar-refractivity contribution is 5.88. The molecule has 0 bridgehead atoms. The minimum absolute atomic E-state index is 0.308. The van der Waals surface area contributed by atoms with E-state index >= 15 is 0 Å². The van der Waals surface area contributed by atoms with Crippen molar-refractivity contribution in [2.75, 3.05) is 0 Å². The minimum atomic E-state index is -4.47. The second-order valence-corrected chi connectivity index (χ2v) is 4.24. The average molecular weight is 226 g/mol. The van der Waals surface area contributed by atoms with E-state index in [0.717, 1.165) is 0 Å². The van der Waals surface area contributed by atoms with Gasteiger partial charge in [-0.1, -0.05) is 19.8 Å². The van der Waals surface area contributed by atoms with Crippen molar-refractivity contribution in [2.24, 2.45) is 11.8 Å². The molecule has 0 heterocycles. The van der Waals surface area contributed by atoms with E-state index in [2.05, 4.69) is 0 Å². The number of alkyl halides is 4. The number of hydrogen-bond acceptors (Lipinski definition) is 1. The molecular weight excluding hydrogens is 212 g/mol. The lowest BCUT2D eigenvalue weighted by Crippen LogP contribution is -2.41. The summed E-state index contributed by atoms with van der Waals surface area (Å²) in [4.78, 5) is 11.1. The molecule has 0 aromatic rings. The molecule has 5 heteroatoms. The van der Waals surface area contributed by atoms with Crippen LogP contribution in [0.3, 0.4) is 0 Å². The van der Waals surface area contributed by atoms with Crippen LogP contribution >= 0.6 is 0 Å². The summed E-state index contributed by atoms with van der Waals surface area (Å²) < 4.78 is 49.3. The Kier molecular flexibility index (Phi) is 3.73. The van der Waals surface area contributed by atoms with Gasteiger partial charge in [0, 0.05) is 5.92 Å². The number of carbonyl (C=O) groups excluding carboxylic acids is 1. The van der Waals surface area contributed by atoms with E-state index in [1.165, 1.54) is 0 Å². The third-order valence-electron chi connectivity index (χ3n) is 2.99. The van der Waals surface area contributed by atoms with Crippen molar-refractivity contribution in [3.05, 3.63) is 0 Å². The molecule has 1 rings (SSSR count). The van der Waals surface area contributed by atoms with E-state index in [4.69, 9.17) is 0 Å². The Bertz CT molecular complexity index is 232. The topological polar surface area (TPSA) is 17.1 Å². The summed E-state index contributed by atoms with van der Waals surface area (Å²) in [5.74, 6) is -6.53. The van der Waals surface area contributed by atoms with E-state index < -0.39 is 24.0 Å².